The molecular weight excluding hydrogens is 332 g/mol. The number of amides is 2. The van der Waals surface area contributed by atoms with Gasteiger partial charge < -0.3 is 20.1 Å². The first-order chi connectivity index (χ1) is 11.5. The third kappa shape index (κ3) is 4.89. The molecule has 0 bridgehead atoms. The van der Waals surface area contributed by atoms with E-state index in [1.54, 1.807) is 42.5 Å². The van der Waals surface area contributed by atoms with Crippen molar-refractivity contribution in [3.63, 3.8) is 0 Å². The van der Waals surface area contributed by atoms with Crippen molar-refractivity contribution in [3.8, 4) is 11.5 Å². The van der Waals surface area contributed by atoms with E-state index in [-0.39, 0.29) is 6.42 Å². The summed E-state index contributed by atoms with van der Waals surface area (Å²) in [6, 6.07) is 11.7. The number of hydrogen-bond acceptors (Lipinski definition) is 4. The summed E-state index contributed by atoms with van der Waals surface area (Å²) in [5.41, 5.74) is 0.955. The molecule has 0 heterocycles. The Morgan fingerprint density at radius 3 is 2.46 bits per heavy atom. The van der Waals surface area contributed by atoms with Gasteiger partial charge in [0.1, 0.15) is 17.9 Å². The molecule has 0 radical (unpaired) electrons. The number of methoxy groups -OCH3 is 2. The molecule has 0 aliphatic heterocycles. The van der Waals surface area contributed by atoms with Crippen molar-refractivity contribution in [2.75, 3.05) is 24.9 Å². The maximum Gasteiger partial charge on any atom is 0.233 e. The normalized spacial score (nSPS) is 9.96. The average Bonchev–Trinajstić information content (AvgIpc) is 2.55. The summed E-state index contributed by atoms with van der Waals surface area (Å²) in [7, 11) is 3.02. The van der Waals surface area contributed by atoms with Gasteiger partial charge >= 0.3 is 0 Å². The van der Waals surface area contributed by atoms with Crippen LogP contribution < -0.4 is 20.1 Å². The molecule has 0 fully saturated rings. The lowest BCUT2D eigenvalue weighted by Gasteiger charge is -2.11. The second-order valence-corrected chi connectivity index (χ2v) is 5.29. The molecule has 2 amide bonds. The van der Waals surface area contributed by atoms with E-state index in [0.29, 0.717) is 27.9 Å². The first-order valence-corrected chi connectivity index (χ1v) is 7.47. The lowest BCUT2D eigenvalue weighted by molar-refractivity contribution is -0.123. The van der Waals surface area contributed by atoms with Crippen molar-refractivity contribution in [3.05, 3.63) is 47.5 Å². The Kier molecular flexibility index (Phi) is 6.03. The standard InChI is InChI=1S/C17H17ClN2O4/c1-23-13-5-3-4-12(9-13)19-16(21)10-17(22)20-14-8-11(18)6-7-15(14)24-2/h3-9H,10H2,1-2H3,(H,19,21)(H,20,22). The van der Waals surface area contributed by atoms with Gasteiger partial charge in [0, 0.05) is 16.8 Å². The maximum absolute atomic E-state index is 12.0. The second kappa shape index (κ2) is 8.21. The Hall–Kier alpha value is -2.73. The molecule has 0 aromatic heterocycles. The summed E-state index contributed by atoms with van der Waals surface area (Å²) >= 11 is 5.90. The lowest BCUT2D eigenvalue weighted by Crippen LogP contribution is -2.21. The SMILES string of the molecule is COc1cccc(NC(=O)CC(=O)Nc2cc(Cl)ccc2OC)c1. The summed E-state index contributed by atoms with van der Waals surface area (Å²) in [5, 5.41) is 5.69. The van der Waals surface area contributed by atoms with Crippen molar-refractivity contribution in [2.24, 2.45) is 0 Å². The predicted molar refractivity (Wildman–Crippen MR) is 92.9 cm³/mol. The predicted octanol–water partition coefficient (Wildman–Crippen LogP) is 3.32. The van der Waals surface area contributed by atoms with Crippen LogP contribution in [0.3, 0.4) is 0 Å². The summed E-state index contributed by atoms with van der Waals surface area (Å²) in [4.78, 5) is 24.0. The van der Waals surface area contributed by atoms with Crippen molar-refractivity contribution in [1.82, 2.24) is 0 Å². The van der Waals surface area contributed by atoms with E-state index >= 15 is 0 Å². The molecular formula is C17H17ClN2O4. The van der Waals surface area contributed by atoms with Crippen LogP contribution >= 0.6 is 11.6 Å². The van der Waals surface area contributed by atoms with Crippen molar-refractivity contribution in [2.45, 2.75) is 6.42 Å². The Bertz CT molecular complexity index is 749. The number of hydrogen-bond donors (Lipinski definition) is 2. The van der Waals surface area contributed by atoms with Gasteiger partial charge in [-0.2, -0.15) is 0 Å². The van der Waals surface area contributed by atoms with Gasteiger partial charge in [-0.15, -0.1) is 0 Å². The summed E-state index contributed by atoms with van der Waals surface area (Å²) in [6.45, 7) is 0. The fourth-order valence-corrected chi connectivity index (χ4v) is 2.20. The van der Waals surface area contributed by atoms with E-state index in [1.807, 2.05) is 0 Å². The average molecular weight is 349 g/mol. The molecule has 24 heavy (non-hydrogen) atoms. The zero-order chi connectivity index (χ0) is 17.5. The van der Waals surface area contributed by atoms with Crippen LogP contribution in [0.1, 0.15) is 6.42 Å². The third-order valence-electron chi connectivity index (χ3n) is 3.11. The molecule has 2 rings (SSSR count). The Labute approximate surface area is 144 Å². The molecule has 0 aliphatic rings. The van der Waals surface area contributed by atoms with E-state index in [1.165, 1.54) is 14.2 Å². The fraction of sp³-hybridized carbons (Fsp3) is 0.176. The molecule has 0 unspecified atom stereocenters. The molecule has 2 N–H and O–H groups in total. The van der Waals surface area contributed by atoms with Crippen molar-refractivity contribution < 1.29 is 19.1 Å². The van der Waals surface area contributed by atoms with E-state index in [2.05, 4.69) is 10.6 Å². The van der Waals surface area contributed by atoms with Gasteiger partial charge in [0.2, 0.25) is 11.8 Å². The topological polar surface area (TPSA) is 76.7 Å². The van der Waals surface area contributed by atoms with Gasteiger partial charge in [0.25, 0.3) is 0 Å². The van der Waals surface area contributed by atoms with Crippen LogP contribution in [0.4, 0.5) is 11.4 Å². The minimum atomic E-state index is -0.476. The van der Waals surface area contributed by atoms with Crippen LogP contribution in [-0.2, 0) is 9.59 Å². The molecule has 0 saturated carbocycles. The van der Waals surface area contributed by atoms with E-state index in [4.69, 9.17) is 21.1 Å². The first kappa shape index (κ1) is 17.6. The number of halogens is 1. The zero-order valence-electron chi connectivity index (χ0n) is 13.3. The molecule has 126 valence electrons. The number of anilines is 2. The smallest absolute Gasteiger partial charge is 0.233 e. The van der Waals surface area contributed by atoms with Crippen molar-refractivity contribution in [1.29, 1.82) is 0 Å². The molecule has 0 atom stereocenters. The van der Waals surface area contributed by atoms with Crippen LogP contribution in [0.25, 0.3) is 0 Å². The van der Waals surface area contributed by atoms with Gasteiger partial charge in [-0.1, -0.05) is 17.7 Å². The number of rotatable bonds is 6. The molecule has 2 aromatic rings. The quantitative estimate of drug-likeness (QED) is 0.785. The van der Waals surface area contributed by atoms with Gasteiger partial charge in [0.05, 0.1) is 19.9 Å². The highest BCUT2D eigenvalue weighted by Gasteiger charge is 2.13. The lowest BCUT2D eigenvalue weighted by atomic mass is 10.2. The summed E-state index contributed by atoms with van der Waals surface area (Å²) in [6.07, 6.45) is -0.340. The summed E-state index contributed by atoms with van der Waals surface area (Å²) < 4.78 is 10.2. The van der Waals surface area contributed by atoms with Gasteiger partial charge in [-0.05, 0) is 30.3 Å². The molecule has 0 saturated heterocycles. The first-order valence-electron chi connectivity index (χ1n) is 7.09. The van der Waals surface area contributed by atoms with E-state index in [9.17, 15) is 9.59 Å². The Morgan fingerprint density at radius 1 is 1.00 bits per heavy atom. The van der Waals surface area contributed by atoms with Gasteiger partial charge in [0.15, 0.2) is 0 Å². The molecule has 0 aliphatic carbocycles. The number of ether oxygens (including phenoxy) is 2. The second-order valence-electron chi connectivity index (χ2n) is 4.85. The highest BCUT2D eigenvalue weighted by molar-refractivity contribution is 6.31. The molecule has 6 nitrogen and oxygen atoms in total. The number of benzene rings is 2. The number of nitrogens with one attached hydrogen (secondary N) is 2. The van der Waals surface area contributed by atoms with Crippen LogP contribution in [0.15, 0.2) is 42.5 Å². The minimum Gasteiger partial charge on any atom is -0.497 e. The minimum absolute atomic E-state index is 0.340. The largest absolute Gasteiger partial charge is 0.497 e. The Balaban J connectivity index is 1.96. The fourth-order valence-electron chi connectivity index (χ4n) is 2.02. The van der Waals surface area contributed by atoms with E-state index < -0.39 is 11.8 Å². The number of carbonyl (C=O) groups excluding carboxylic acids is 2. The highest BCUT2D eigenvalue weighted by Crippen LogP contribution is 2.27. The van der Waals surface area contributed by atoms with Crippen LogP contribution in [0.2, 0.25) is 5.02 Å². The molecule has 2 aromatic carbocycles. The van der Waals surface area contributed by atoms with Gasteiger partial charge in [-0.3, -0.25) is 9.59 Å². The molecule has 0 spiro atoms. The summed E-state index contributed by atoms with van der Waals surface area (Å²) in [5.74, 6) is 0.152. The van der Waals surface area contributed by atoms with Crippen LogP contribution in [0.5, 0.6) is 11.5 Å². The maximum atomic E-state index is 12.0. The van der Waals surface area contributed by atoms with Crippen LogP contribution in [0, 0.1) is 0 Å². The van der Waals surface area contributed by atoms with Gasteiger partial charge in [-0.25, -0.2) is 0 Å². The Morgan fingerprint density at radius 2 is 1.75 bits per heavy atom. The zero-order valence-corrected chi connectivity index (χ0v) is 14.0. The monoisotopic (exact) mass is 348 g/mol. The third-order valence-corrected chi connectivity index (χ3v) is 3.35. The number of carbonyl (C=O) groups is 2. The molecule has 7 heteroatoms. The van der Waals surface area contributed by atoms with Crippen molar-refractivity contribution >= 4 is 34.8 Å². The highest BCUT2D eigenvalue weighted by atomic mass is 35.5. The van der Waals surface area contributed by atoms with E-state index in [0.717, 1.165) is 0 Å². The van der Waals surface area contributed by atoms with Crippen LogP contribution in [-0.4, -0.2) is 26.0 Å².